The fraction of sp³-hybridized carbons (Fsp3) is 0.350. The van der Waals surface area contributed by atoms with Crippen molar-refractivity contribution >= 4 is 17.6 Å². The van der Waals surface area contributed by atoms with Crippen molar-refractivity contribution in [2.45, 2.75) is 39.7 Å². The second-order valence-electron chi connectivity index (χ2n) is 5.89. The van der Waals surface area contributed by atoms with Gasteiger partial charge in [-0.3, -0.25) is 4.79 Å². The van der Waals surface area contributed by atoms with Crippen LogP contribution in [0.2, 0.25) is 0 Å². The Morgan fingerprint density at radius 2 is 1.68 bits per heavy atom. The van der Waals surface area contributed by atoms with Gasteiger partial charge in [0.1, 0.15) is 0 Å². The van der Waals surface area contributed by atoms with E-state index in [0.29, 0.717) is 17.9 Å². The number of rotatable bonds is 8. The third-order valence-corrected chi connectivity index (χ3v) is 3.67. The summed E-state index contributed by atoms with van der Waals surface area (Å²) in [5, 5.41) is 2.83. The molecule has 0 atom stereocenters. The van der Waals surface area contributed by atoms with Crippen molar-refractivity contribution in [3.63, 3.8) is 0 Å². The monoisotopic (exact) mass is 341 g/mol. The lowest BCUT2D eigenvalue weighted by atomic mass is 10.1. The van der Waals surface area contributed by atoms with Crippen molar-refractivity contribution in [3.05, 3.63) is 59.9 Å². The minimum atomic E-state index is -0.345. The summed E-state index contributed by atoms with van der Waals surface area (Å²) in [6.45, 7) is 4.74. The van der Waals surface area contributed by atoms with Gasteiger partial charge in [0.15, 0.2) is 12.4 Å². The number of aryl methyl sites for hydroxylation is 1. The van der Waals surface area contributed by atoms with Crippen LogP contribution in [0.3, 0.4) is 0 Å². The maximum atomic E-state index is 12.1. The van der Waals surface area contributed by atoms with Crippen LogP contribution >= 0.6 is 0 Å². The van der Waals surface area contributed by atoms with Gasteiger partial charge in [-0.25, -0.2) is 4.79 Å². The highest BCUT2D eigenvalue weighted by molar-refractivity contribution is 5.92. The summed E-state index contributed by atoms with van der Waals surface area (Å²) in [5.74, 6) is -0.461. The molecule has 1 aromatic heterocycles. The molecule has 2 aromatic rings. The molecule has 0 aliphatic carbocycles. The highest BCUT2D eigenvalue weighted by Gasteiger charge is 2.11. The van der Waals surface area contributed by atoms with Crippen LogP contribution < -0.4 is 9.88 Å². The molecule has 0 radical (unpaired) electrons. The first-order valence-corrected chi connectivity index (χ1v) is 8.67. The van der Waals surface area contributed by atoms with Gasteiger partial charge in [-0.2, -0.15) is 4.57 Å². The largest absolute Gasteiger partial charge is 0.462 e. The van der Waals surface area contributed by atoms with E-state index in [1.807, 2.05) is 36.0 Å². The second-order valence-corrected chi connectivity index (χ2v) is 5.89. The van der Waals surface area contributed by atoms with Gasteiger partial charge in [0.2, 0.25) is 6.54 Å². The van der Waals surface area contributed by atoms with Gasteiger partial charge >= 0.3 is 5.97 Å². The molecule has 132 valence electrons. The third kappa shape index (κ3) is 6.03. The molecular formula is C20H25N2O3+. The van der Waals surface area contributed by atoms with Crippen molar-refractivity contribution in [1.82, 2.24) is 0 Å². The van der Waals surface area contributed by atoms with E-state index in [9.17, 15) is 9.59 Å². The molecule has 0 fully saturated rings. The molecule has 0 unspecified atom stereocenters. The first-order chi connectivity index (χ1) is 12.1. The summed E-state index contributed by atoms with van der Waals surface area (Å²) in [4.78, 5) is 23.9. The van der Waals surface area contributed by atoms with Gasteiger partial charge in [-0.1, -0.05) is 20.3 Å². The van der Waals surface area contributed by atoms with Crippen LogP contribution in [0.25, 0.3) is 0 Å². The molecule has 0 aliphatic rings. The Morgan fingerprint density at radius 1 is 1.00 bits per heavy atom. The number of esters is 1. The number of amides is 1. The van der Waals surface area contributed by atoms with Crippen LogP contribution in [-0.4, -0.2) is 18.5 Å². The molecule has 1 heterocycles. The quantitative estimate of drug-likeness (QED) is 0.593. The van der Waals surface area contributed by atoms with Gasteiger partial charge in [-0.05, 0) is 42.7 Å². The van der Waals surface area contributed by atoms with E-state index in [4.69, 9.17) is 4.74 Å². The zero-order valence-electron chi connectivity index (χ0n) is 14.8. The average Bonchev–Trinajstić information content (AvgIpc) is 2.62. The minimum Gasteiger partial charge on any atom is -0.462 e. The summed E-state index contributed by atoms with van der Waals surface area (Å²) < 4.78 is 6.91. The van der Waals surface area contributed by atoms with Crippen molar-refractivity contribution < 1.29 is 18.9 Å². The Morgan fingerprint density at radius 3 is 2.28 bits per heavy atom. The molecule has 25 heavy (non-hydrogen) atoms. The molecule has 5 nitrogen and oxygen atoms in total. The number of benzene rings is 1. The summed E-state index contributed by atoms with van der Waals surface area (Å²) in [7, 11) is 0. The summed E-state index contributed by atoms with van der Waals surface area (Å²) in [6.07, 6.45) is 6.76. The summed E-state index contributed by atoms with van der Waals surface area (Å²) in [5.41, 5.74) is 2.40. The minimum absolute atomic E-state index is 0.116. The van der Waals surface area contributed by atoms with Gasteiger partial charge in [-0.15, -0.1) is 0 Å². The lowest BCUT2D eigenvalue weighted by molar-refractivity contribution is -0.684. The van der Waals surface area contributed by atoms with Crippen LogP contribution in [0.4, 0.5) is 5.69 Å². The van der Waals surface area contributed by atoms with E-state index in [1.54, 1.807) is 24.3 Å². The fourth-order valence-corrected chi connectivity index (χ4v) is 2.38. The Bertz CT molecular complexity index is 694. The Labute approximate surface area is 148 Å². The molecule has 0 saturated carbocycles. The van der Waals surface area contributed by atoms with Crippen LogP contribution in [0, 0.1) is 0 Å². The zero-order chi connectivity index (χ0) is 18.1. The van der Waals surface area contributed by atoms with Gasteiger partial charge in [0, 0.05) is 17.8 Å². The molecule has 1 N–H and O–H groups in total. The third-order valence-electron chi connectivity index (χ3n) is 3.67. The highest BCUT2D eigenvalue weighted by atomic mass is 16.5. The number of aromatic nitrogens is 1. The molecule has 0 spiro atoms. The molecule has 5 heteroatoms. The van der Waals surface area contributed by atoms with E-state index in [-0.39, 0.29) is 18.4 Å². The Hall–Kier alpha value is -2.69. The number of carbonyl (C=O) groups excluding carboxylic acids is 2. The number of nitrogens with zero attached hydrogens (tertiary/aromatic N) is 1. The zero-order valence-corrected chi connectivity index (χ0v) is 14.8. The van der Waals surface area contributed by atoms with Crippen molar-refractivity contribution in [2.75, 3.05) is 11.9 Å². The van der Waals surface area contributed by atoms with Crippen molar-refractivity contribution in [2.24, 2.45) is 0 Å². The van der Waals surface area contributed by atoms with E-state index in [1.165, 1.54) is 5.56 Å². The predicted molar refractivity (Wildman–Crippen MR) is 96.3 cm³/mol. The molecular weight excluding hydrogens is 316 g/mol. The van der Waals surface area contributed by atoms with Crippen LogP contribution in [0.1, 0.15) is 42.6 Å². The molecule has 2 rings (SSSR count). The topological polar surface area (TPSA) is 59.3 Å². The van der Waals surface area contributed by atoms with Crippen LogP contribution in [0.5, 0.6) is 0 Å². The molecule has 0 saturated heterocycles. The van der Waals surface area contributed by atoms with Crippen LogP contribution in [-0.2, 0) is 22.5 Å². The lowest BCUT2D eigenvalue weighted by Gasteiger charge is -2.06. The van der Waals surface area contributed by atoms with E-state index in [2.05, 4.69) is 12.2 Å². The number of hydrogen-bond donors (Lipinski definition) is 1. The number of hydrogen-bond acceptors (Lipinski definition) is 3. The molecule has 0 aliphatic heterocycles. The SMILES string of the molecule is CCCOC(=O)c1ccc(NC(=O)C[n+]2ccc(CCC)cc2)cc1. The van der Waals surface area contributed by atoms with Crippen molar-refractivity contribution in [1.29, 1.82) is 0 Å². The van der Waals surface area contributed by atoms with E-state index < -0.39 is 0 Å². The van der Waals surface area contributed by atoms with E-state index in [0.717, 1.165) is 19.3 Å². The average molecular weight is 341 g/mol. The van der Waals surface area contributed by atoms with Gasteiger partial charge in [0.25, 0.3) is 5.91 Å². The molecule has 1 amide bonds. The van der Waals surface area contributed by atoms with E-state index >= 15 is 0 Å². The lowest BCUT2D eigenvalue weighted by Crippen LogP contribution is -2.39. The van der Waals surface area contributed by atoms with Gasteiger partial charge < -0.3 is 10.1 Å². The standard InChI is InChI=1S/C20H24N2O3/c1-3-5-16-10-12-22(13-11-16)15-19(23)21-18-8-6-17(7-9-18)20(24)25-14-4-2/h6-13H,3-5,14-15H2,1-2H3/p+1. The number of carbonyl (C=O) groups is 2. The molecule has 0 bridgehead atoms. The highest BCUT2D eigenvalue weighted by Crippen LogP contribution is 2.10. The predicted octanol–water partition coefficient (Wildman–Crippen LogP) is 3.13. The maximum absolute atomic E-state index is 12.1. The van der Waals surface area contributed by atoms with Gasteiger partial charge in [0.05, 0.1) is 12.2 Å². The first-order valence-electron chi connectivity index (χ1n) is 8.67. The normalized spacial score (nSPS) is 10.3. The maximum Gasteiger partial charge on any atom is 0.338 e. The smallest absolute Gasteiger partial charge is 0.338 e. The molecule has 1 aromatic carbocycles. The number of anilines is 1. The first kappa shape index (κ1) is 18.6. The second kappa shape index (κ2) is 9.57. The van der Waals surface area contributed by atoms with Crippen molar-refractivity contribution in [3.8, 4) is 0 Å². The Balaban J connectivity index is 1.88. The number of nitrogens with one attached hydrogen (secondary N) is 1. The number of ether oxygens (including phenoxy) is 1. The Kier molecular flexibility index (Phi) is 7.14. The fourth-order valence-electron chi connectivity index (χ4n) is 2.38. The number of pyridine rings is 1. The summed E-state index contributed by atoms with van der Waals surface area (Å²) in [6, 6.07) is 10.8. The summed E-state index contributed by atoms with van der Waals surface area (Å²) >= 11 is 0. The van der Waals surface area contributed by atoms with Crippen LogP contribution in [0.15, 0.2) is 48.8 Å².